The predicted molar refractivity (Wildman–Crippen MR) is 98.1 cm³/mol. The van der Waals surface area contributed by atoms with Crippen LogP contribution in [0, 0.1) is 87.3 Å². The number of rotatable bonds is 3. The summed E-state index contributed by atoms with van der Waals surface area (Å²) in [6, 6.07) is 0. The van der Waals surface area contributed by atoms with Crippen molar-refractivity contribution in [3.8, 4) is 0 Å². The van der Waals surface area contributed by atoms with Crippen molar-refractivity contribution in [2.45, 2.75) is 0 Å². The van der Waals surface area contributed by atoms with Crippen molar-refractivity contribution >= 4 is 37.7 Å². The highest BCUT2D eigenvalue weighted by atomic mass is 19.2. The minimum Gasteiger partial charge on any atom is -0.444 e. The molecule has 1 heterocycles. The van der Waals surface area contributed by atoms with E-state index in [0.29, 0.717) is 0 Å². The molecule has 0 atom stereocenters. The topological polar surface area (TPSA) is 27.7 Å². The van der Waals surface area contributed by atoms with E-state index in [1.54, 1.807) is 0 Å². The Labute approximate surface area is 205 Å². The summed E-state index contributed by atoms with van der Waals surface area (Å²) in [6.07, 6.45) is 0. The Morgan fingerprint density at radius 2 is 0.359 bits per heavy atom. The van der Waals surface area contributed by atoms with E-state index >= 15 is 0 Å². The molecule has 0 saturated carbocycles. The average molecular weight is 582 g/mol. The molecule has 1 aliphatic rings. The van der Waals surface area contributed by atoms with E-state index in [1.807, 2.05) is 0 Å². The lowest BCUT2D eigenvalue weighted by Gasteiger charge is -2.32. The van der Waals surface area contributed by atoms with E-state index in [0.717, 1.165) is 0 Å². The molecule has 4 rings (SSSR count). The summed E-state index contributed by atoms with van der Waals surface area (Å²) in [4.78, 5) is 0. The third kappa shape index (κ3) is 4.31. The molecule has 3 aromatic carbocycles. The highest BCUT2D eigenvalue weighted by molar-refractivity contribution is 6.87. The molecule has 21 heteroatoms. The Bertz CT molecular complexity index is 1270. The molecule has 0 bridgehead atoms. The quantitative estimate of drug-likeness (QED) is 0.206. The van der Waals surface area contributed by atoms with Gasteiger partial charge >= 0.3 is 21.4 Å². The van der Waals surface area contributed by atoms with Gasteiger partial charge in [0.2, 0.25) is 0 Å². The van der Waals surface area contributed by atoms with Crippen molar-refractivity contribution in [3.63, 3.8) is 0 Å². The third-order valence-corrected chi connectivity index (χ3v) is 5.18. The van der Waals surface area contributed by atoms with E-state index in [4.69, 9.17) is 0 Å². The van der Waals surface area contributed by atoms with Crippen LogP contribution in [0.2, 0.25) is 0 Å². The molecule has 3 nitrogen and oxygen atoms in total. The zero-order valence-corrected chi connectivity index (χ0v) is 17.6. The Kier molecular flexibility index (Phi) is 7.37. The number of hydrogen-bond acceptors (Lipinski definition) is 3. The fourth-order valence-electron chi connectivity index (χ4n) is 3.33. The normalized spacial score (nSPS) is 14.1. The van der Waals surface area contributed by atoms with Crippen LogP contribution in [0.5, 0.6) is 0 Å². The van der Waals surface area contributed by atoms with E-state index < -0.39 is 125 Å². The fraction of sp³-hybridized carbons (Fsp3) is 0. The summed E-state index contributed by atoms with van der Waals surface area (Å²) in [5, 5.41) is 0. The number of hydrogen-bond donors (Lipinski definition) is 0. The summed E-state index contributed by atoms with van der Waals surface area (Å²) in [5.41, 5.74) is -6.63. The first-order chi connectivity index (χ1) is 18.1. The van der Waals surface area contributed by atoms with Gasteiger partial charge in [-0.1, -0.05) is 0 Å². The molecule has 204 valence electrons. The van der Waals surface area contributed by atoms with Gasteiger partial charge in [0.05, 0.1) is 16.4 Å². The SMILES string of the molecule is Fc1c(F)c(F)c(B2OB(c3c(F)c(F)c(F)c(F)c3F)OB(c3c(F)c(F)c(F)c(F)c3F)O2)c(F)c1F. The molecule has 0 N–H and O–H groups in total. The largest absolute Gasteiger partial charge is 0.473 e. The second kappa shape index (κ2) is 10.0. The molecule has 1 saturated heterocycles. The van der Waals surface area contributed by atoms with Gasteiger partial charge in [-0.15, -0.1) is 0 Å². The summed E-state index contributed by atoms with van der Waals surface area (Å²) in [7, 11) is -9.87. The maximum absolute atomic E-state index is 14.4. The van der Waals surface area contributed by atoms with Crippen LogP contribution in [-0.2, 0) is 13.7 Å². The summed E-state index contributed by atoms with van der Waals surface area (Å²) >= 11 is 0. The Morgan fingerprint density at radius 3 is 0.513 bits per heavy atom. The second-order valence-corrected chi connectivity index (χ2v) is 7.35. The van der Waals surface area contributed by atoms with Gasteiger partial charge in [0.1, 0.15) is 0 Å². The number of benzene rings is 3. The summed E-state index contributed by atoms with van der Waals surface area (Å²) < 4.78 is 222. The molecule has 0 aromatic heterocycles. The first-order valence-corrected chi connectivity index (χ1v) is 9.61. The number of halogens is 15. The molecule has 39 heavy (non-hydrogen) atoms. The van der Waals surface area contributed by atoms with Gasteiger partial charge in [-0.2, -0.15) is 0 Å². The smallest absolute Gasteiger partial charge is 0.444 e. The van der Waals surface area contributed by atoms with E-state index in [1.165, 1.54) is 0 Å². The van der Waals surface area contributed by atoms with E-state index in [9.17, 15) is 65.9 Å². The van der Waals surface area contributed by atoms with Crippen LogP contribution in [0.1, 0.15) is 0 Å². The second-order valence-electron chi connectivity index (χ2n) is 7.35. The van der Waals surface area contributed by atoms with Gasteiger partial charge in [0.25, 0.3) is 0 Å². The fourth-order valence-corrected chi connectivity index (χ4v) is 3.33. The molecule has 3 aromatic rings. The van der Waals surface area contributed by atoms with Gasteiger partial charge < -0.3 is 13.7 Å². The molecule has 1 aliphatic heterocycles. The van der Waals surface area contributed by atoms with Crippen LogP contribution in [0.25, 0.3) is 0 Å². The average Bonchev–Trinajstić information content (AvgIpc) is 2.91. The van der Waals surface area contributed by atoms with Crippen LogP contribution in [0.15, 0.2) is 0 Å². The Balaban J connectivity index is 1.99. The molecule has 0 radical (unpaired) electrons. The van der Waals surface area contributed by atoms with Crippen LogP contribution < -0.4 is 16.4 Å². The maximum atomic E-state index is 14.4. The van der Waals surface area contributed by atoms with E-state index in [-0.39, 0.29) is 0 Å². The summed E-state index contributed by atoms with van der Waals surface area (Å²) in [5.74, 6) is -41.3. The highest BCUT2D eigenvalue weighted by Gasteiger charge is 2.52. The lowest BCUT2D eigenvalue weighted by molar-refractivity contribution is 0.296. The van der Waals surface area contributed by atoms with Crippen LogP contribution in [-0.4, -0.2) is 21.4 Å². The first-order valence-electron chi connectivity index (χ1n) is 9.61. The first kappa shape index (κ1) is 28.7. The molecule has 0 spiro atoms. The van der Waals surface area contributed by atoms with Crippen molar-refractivity contribution in [2.24, 2.45) is 0 Å². The van der Waals surface area contributed by atoms with Gasteiger partial charge in [-0.25, -0.2) is 65.9 Å². The third-order valence-electron chi connectivity index (χ3n) is 5.18. The van der Waals surface area contributed by atoms with Crippen molar-refractivity contribution in [1.29, 1.82) is 0 Å². The minimum atomic E-state index is -3.29. The molecule has 1 fully saturated rings. The van der Waals surface area contributed by atoms with Gasteiger partial charge in [0.15, 0.2) is 87.3 Å². The Morgan fingerprint density at radius 1 is 0.231 bits per heavy atom. The summed E-state index contributed by atoms with van der Waals surface area (Å²) in [6.45, 7) is 0. The van der Waals surface area contributed by atoms with Gasteiger partial charge in [-0.05, 0) is 0 Å². The maximum Gasteiger partial charge on any atom is 0.473 e. The van der Waals surface area contributed by atoms with Crippen molar-refractivity contribution in [3.05, 3.63) is 87.3 Å². The molecule has 0 amide bonds. The van der Waals surface area contributed by atoms with Crippen LogP contribution in [0.3, 0.4) is 0 Å². The molecule has 0 unspecified atom stereocenters. The Hall–Kier alpha value is -3.32. The highest BCUT2D eigenvalue weighted by Crippen LogP contribution is 2.24. The zero-order valence-electron chi connectivity index (χ0n) is 17.6. The monoisotopic (exact) mass is 582 g/mol. The standard InChI is InChI=1S/C18B3F15O3/c22-4-1(5(23)11(29)16(34)10(4)28)19-37-20(2-6(24)12(30)17(35)13(31)7(2)25)39-21(38-19)3-8(26)14(32)18(36)15(33)9(3)27. The van der Waals surface area contributed by atoms with Gasteiger partial charge in [-0.3, -0.25) is 0 Å². The van der Waals surface area contributed by atoms with Crippen molar-refractivity contribution in [2.75, 3.05) is 0 Å². The molecular formula is C18B3F15O3. The molecular weight excluding hydrogens is 582 g/mol. The van der Waals surface area contributed by atoms with E-state index in [2.05, 4.69) is 13.7 Å². The predicted octanol–water partition coefficient (Wildman–Crippen LogP) is 3.32. The van der Waals surface area contributed by atoms with Gasteiger partial charge in [0, 0.05) is 0 Å². The van der Waals surface area contributed by atoms with Crippen molar-refractivity contribution < 1.29 is 79.6 Å². The lowest BCUT2D eigenvalue weighted by Crippen LogP contribution is -2.64. The molecule has 0 aliphatic carbocycles. The minimum absolute atomic E-state index is 2.21. The zero-order chi connectivity index (χ0) is 29.2. The lowest BCUT2D eigenvalue weighted by atomic mass is 9.60. The van der Waals surface area contributed by atoms with Crippen molar-refractivity contribution in [1.82, 2.24) is 0 Å². The van der Waals surface area contributed by atoms with Crippen LogP contribution in [0.4, 0.5) is 65.9 Å². The van der Waals surface area contributed by atoms with Crippen LogP contribution >= 0.6 is 0 Å².